The van der Waals surface area contributed by atoms with Gasteiger partial charge in [-0.25, -0.2) is 18.7 Å². The molecule has 12 heteroatoms. The molecular formula is C27H27FN8O3. The average Bonchev–Trinajstić information content (AvgIpc) is 3.55. The lowest BCUT2D eigenvalue weighted by Gasteiger charge is -2.23. The lowest BCUT2D eigenvalue weighted by atomic mass is 10.2. The van der Waals surface area contributed by atoms with E-state index in [-0.39, 0.29) is 18.5 Å². The third-order valence-electron chi connectivity index (χ3n) is 6.47. The summed E-state index contributed by atoms with van der Waals surface area (Å²) in [5, 5.41) is 19.1. The molecule has 4 heterocycles. The molecule has 3 aromatic heterocycles. The number of carbonyl (C=O) groups is 1. The Kier molecular flexibility index (Phi) is 7.02. The monoisotopic (exact) mass is 530 g/mol. The summed E-state index contributed by atoms with van der Waals surface area (Å²) in [5.74, 6) is -0.261. The van der Waals surface area contributed by atoms with E-state index in [1.54, 1.807) is 29.0 Å². The molecule has 0 radical (unpaired) electrons. The molecular weight excluding hydrogens is 503 g/mol. The molecule has 0 spiro atoms. The second-order valence-electron chi connectivity index (χ2n) is 9.27. The highest BCUT2D eigenvalue weighted by Gasteiger charge is 2.16. The van der Waals surface area contributed by atoms with E-state index < -0.39 is 6.09 Å². The van der Waals surface area contributed by atoms with E-state index in [1.165, 1.54) is 18.5 Å². The highest BCUT2D eigenvalue weighted by atomic mass is 19.1. The first-order valence-electron chi connectivity index (χ1n) is 12.6. The Morgan fingerprint density at radius 3 is 2.97 bits per heavy atom. The van der Waals surface area contributed by atoms with E-state index >= 15 is 0 Å². The summed E-state index contributed by atoms with van der Waals surface area (Å²) in [6, 6.07) is 14.3. The van der Waals surface area contributed by atoms with Gasteiger partial charge in [-0.15, -0.1) is 0 Å². The van der Waals surface area contributed by atoms with Crippen molar-refractivity contribution in [1.82, 2.24) is 29.7 Å². The van der Waals surface area contributed by atoms with Crippen LogP contribution in [0.4, 0.5) is 20.6 Å². The SMILES string of the molecule is O=C(Nc1cc2c(CNc3ccc4c(cnn4Cc4cccc(F)c4)c3)ncnn2c1)OC[C@@H]1COCCN1. The Hall–Kier alpha value is -4.55. The normalized spacial score (nSPS) is 15.5. The molecule has 39 heavy (non-hydrogen) atoms. The molecule has 1 atom stereocenters. The lowest BCUT2D eigenvalue weighted by Crippen LogP contribution is -2.44. The minimum Gasteiger partial charge on any atom is -0.448 e. The maximum Gasteiger partial charge on any atom is 0.411 e. The summed E-state index contributed by atoms with van der Waals surface area (Å²) in [6.45, 7) is 3.06. The van der Waals surface area contributed by atoms with Crippen LogP contribution in [0.15, 0.2) is 67.3 Å². The summed E-state index contributed by atoms with van der Waals surface area (Å²) < 4.78 is 27.8. The Morgan fingerprint density at radius 2 is 2.10 bits per heavy atom. The fourth-order valence-electron chi connectivity index (χ4n) is 4.56. The molecule has 11 nitrogen and oxygen atoms in total. The van der Waals surface area contributed by atoms with E-state index in [2.05, 4.69) is 31.1 Å². The number of ether oxygens (including phenoxy) is 2. The van der Waals surface area contributed by atoms with Gasteiger partial charge in [0, 0.05) is 17.6 Å². The number of rotatable bonds is 8. The number of fused-ring (bicyclic) bond motifs is 2. The summed E-state index contributed by atoms with van der Waals surface area (Å²) in [6.07, 6.45) is 4.44. The highest BCUT2D eigenvalue weighted by Crippen LogP contribution is 2.22. The Morgan fingerprint density at radius 1 is 1.15 bits per heavy atom. The van der Waals surface area contributed by atoms with Crippen LogP contribution in [0.5, 0.6) is 0 Å². The Labute approximate surface area is 222 Å². The fourth-order valence-corrected chi connectivity index (χ4v) is 4.56. The van der Waals surface area contributed by atoms with Crippen LogP contribution in [0.2, 0.25) is 0 Å². The van der Waals surface area contributed by atoms with E-state index in [9.17, 15) is 9.18 Å². The van der Waals surface area contributed by atoms with Gasteiger partial charge in [-0.3, -0.25) is 10.00 Å². The maximum atomic E-state index is 13.6. The summed E-state index contributed by atoms with van der Waals surface area (Å²) in [4.78, 5) is 16.7. The predicted octanol–water partition coefficient (Wildman–Crippen LogP) is 3.42. The van der Waals surface area contributed by atoms with Gasteiger partial charge in [0.25, 0.3) is 0 Å². The van der Waals surface area contributed by atoms with E-state index in [4.69, 9.17) is 9.47 Å². The summed E-state index contributed by atoms with van der Waals surface area (Å²) in [7, 11) is 0. The highest BCUT2D eigenvalue weighted by molar-refractivity contribution is 5.86. The number of nitrogens with zero attached hydrogens (tertiary/aromatic N) is 5. The number of hydrogen-bond acceptors (Lipinski definition) is 8. The van der Waals surface area contributed by atoms with E-state index in [1.807, 2.05) is 28.9 Å². The minimum absolute atomic E-state index is 0.0110. The number of benzene rings is 2. The molecule has 2 aromatic carbocycles. The van der Waals surface area contributed by atoms with Crippen molar-refractivity contribution < 1.29 is 18.7 Å². The number of aromatic nitrogens is 5. The lowest BCUT2D eigenvalue weighted by molar-refractivity contribution is 0.0494. The number of halogens is 1. The molecule has 0 saturated carbocycles. The van der Waals surface area contributed by atoms with Crippen LogP contribution in [0.25, 0.3) is 16.4 Å². The number of amides is 1. The molecule has 5 aromatic rings. The predicted molar refractivity (Wildman–Crippen MR) is 143 cm³/mol. The fraction of sp³-hybridized carbons (Fsp3) is 0.259. The van der Waals surface area contributed by atoms with Crippen molar-refractivity contribution in [2.75, 3.05) is 37.0 Å². The van der Waals surface area contributed by atoms with Crippen LogP contribution >= 0.6 is 0 Å². The van der Waals surface area contributed by atoms with Gasteiger partial charge in [0.1, 0.15) is 18.8 Å². The Balaban J connectivity index is 1.10. The standard InChI is InChI=1S/C27H27FN8O3/c28-20-3-1-2-18(8-20)13-35-25-5-4-21(9-19(25)11-32-35)30-12-24-26-10-22(14-36(26)33-17-31-24)34-27(37)39-16-23-15-38-7-6-29-23/h1-5,8-11,14,17,23,29-30H,6-7,12-13,15-16H2,(H,34,37)/t23-/m0/s1. The first-order chi connectivity index (χ1) is 19.1. The van der Waals surface area contributed by atoms with Crippen LogP contribution in [0.1, 0.15) is 11.3 Å². The second-order valence-corrected chi connectivity index (χ2v) is 9.27. The zero-order valence-electron chi connectivity index (χ0n) is 21.0. The zero-order valence-corrected chi connectivity index (χ0v) is 21.0. The van der Waals surface area contributed by atoms with Gasteiger partial charge in [0.05, 0.1) is 67.2 Å². The number of nitrogens with one attached hydrogen (secondary N) is 3. The van der Waals surface area contributed by atoms with Crippen LogP contribution in [0, 0.1) is 5.82 Å². The quantitative estimate of drug-likeness (QED) is 0.279. The number of carbonyl (C=O) groups excluding carboxylic acids is 1. The van der Waals surface area contributed by atoms with Gasteiger partial charge in [0.15, 0.2) is 0 Å². The van der Waals surface area contributed by atoms with Crippen molar-refractivity contribution in [2.24, 2.45) is 0 Å². The van der Waals surface area contributed by atoms with Crippen molar-refractivity contribution in [3.05, 3.63) is 84.3 Å². The summed E-state index contributed by atoms with van der Waals surface area (Å²) >= 11 is 0. The minimum atomic E-state index is -0.544. The third kappa shape index (κ3) is 5.81. The first-order valence-corrected chi connectivity index (χ1v) is 12.6. The van der Waals surface area contributed by atoms with Crippen LogP contribution in [-0.2, 0) is 22.6 Å². The number of hydrogen-bond donors (Lipinski definition) is 3. The molecule has 1 aliphatic rings. The second kappa shape index (κ2) is 11.1. The summed E-state index contributed by atoms with van der Waals surface area (Å²) in [5.41, 5.74) is 4.78. The first kappa shape index (κ1) is 24.8. The van der Waals surface area contributed by atoms with Gasteiger partial charge < -0.3 is 20.1 Å². The molecule has 0 bridgehead atoms. The molecule has 6 rings (SSSR count). The molecule has 1 saturated heterocycles. The van der Waals surface area contributed by atoms with Crippen molar-refractivity contribution >= 4 is 33.9 Å². The third-order valence-corrected chi connectivity index (χ3v) is 6.47. The van der Waals surface area contributed by atoms with Crippen LogP contribution in [0.3, 0.4) is 0 Å². The molecule has 0 aliphatic carbocycles. The Bertz CT molecular complexity index is 1610. The van der Waals surface area contributed by atoms with Crippen molar-refractivity contribution in [3.63, 3.8) is 0 Å². The van der Waals surface area contributed by atoms with Crippen molar-refractivity contribution in [2.45, 2.75) is 19.1 Å². The van der Waals surface area contributed by atoms with Gasteiger partial charge >= 0.3 is 6.09 Å². The smallest absolute Gasteiger partial charge is 0.411 e. The molecule has 200 valence electrons. The van der Waals surface area contributed by atoms with Crippen LogP contribution < -0.4 is 16.0 Å². The molecule has 1 aliphatic heterocycles. The molecule has 1 amide bonds. The number of morpholine rings is 1. The van der Waals surface area contributed by atoms with E-state index in [0.29, 0.717) is 32.0 Å². The molecule has 3 N–H and O–H groups in total. The van der Waals surface area contributed by atoms with E-state index in [0.717, 1.165) is 39.9 Å². The van der Waals surface area contributed by atoms with Crippen molar-refractivity contribution in [3.8, 4) is 0 Å². The van der Waals surface area contributed by atoms with Gasteiger partial charge in [-0.05, 0) is 42.0 Å². The van der Waals surface area contributed by atoms with Gasteiger partial charge in [-0.2, -0.15) is 10.2 Å². The molecule has 0 unspecified atom stereocenters. The maximum absolute atomic E-state index is 13.6. The topological polar surface area (TPSA) is 120 Å². The largest absolute Gasteiger partial charge is 0.448 e. The van der Waals surface area contributed by atoms with Crippen molar-refractivity contribution in [1.29, 1.82) is 0 Å². The number of anilines is 2. The van der Waals surface area contributed by atoms with Gasteiger partial charge in [0.2, 0.25) is 0 Å². The van der Waals surface area contributed by atoms with Crippen LogP contribution in [-0.4, -0.2) is 62.9 Å². The average molecular weight is 531 g/mol. The van der Waals surface area contributed by atoms with Gasteiger partial charge in [-0.1, -0.05) is 12.1 Å². The zero-order chi connectivity index (χ0) is 26.6. The molecule has 1 fully saturated rings.